The molecule has 1 heterocycles. The fourth-order valence-electron chi connectivity index (χ4n) is 1.58. The summed E-state index contributed by atoms with van der Waals surface area (Å²) in [7, 11) is 0. The lowest BCUT2D eigenvalue weighted by molar-refractivity contribution is 0.178. The Balaban J connectivity index is 1.80. The first kappa shape index (κ1) is 13.6. The van der Waals surface area contributed by atoms with E-state index in [-0.39, 0.29) is 12.6 Å². The maximum atomic E-state index is 11.6. The second kappa shape index (κ2) is 6.36. The topological polar surface area (TPSA) is 61.4 Å². The van der Waals surface area contributed by atoms with Crippen LogP contribution in [0.4, 0.5) is 10.5 Å². The third-order valence-corrected chi connectivity index (χ3v) is 3.61. The van der Waals surface area contributed by atoms with Gasteiger partial charge in [0.2, 0.25) is 0 Å². The van der Waals surface area contributed by atoms with Gasteiger partial charge in [0.05, 0.1) is 6.54 Å². The quantitative estimate of drug-likeness (QED) is 0.804. The molecule has 0 spiro atoms. The molecule has 4 nitrogen and oxygen atoms in total. The van der Waals surface area contributed by atoms with Crippen LogP contribution in [0.3, 0.4) is 0 Å². The average molecular weight is 276 g/mol. The van der Waals surface area contributed by atoms with Crippen molar-refractivity contribution in [3.8, 4) is 0 Å². The van der Waals surface area contributed by atoms with Gasteiger partial charge in [-0.25, -0.2) is 4.79 Å². The van der Waals surface area contributed by atoms with Gasteiger partial charge in [0.1, 0.15) is 6.10 Å². The highest BCUT2D eigenvalue weighted by atomic mass is 32.1. The average Bonchev–Trinajstić information content (AvgIpc) is 2.93. The van der Waals surface area contributed by atoms with Crippen LogP contribution in [-0.4, -0.2) is 17.7 Å². The lowest BCUT2D eigenvalue weighted by Gasteiger charge is -2.11. The molecule has 2 amide bonds. The number of rotatable bonds is 4. The van der Waals surface area contributed by atoms with Crippen LogP contribution in [0.5, 0.6) is 0 Å². The number of anilines is 1. The number of benzene rings is 1. The van der Waals surface area contributed by atoms with Crippen molar-refractivity contribution >= 4 is 23.1 Å². The maximum Gasteiger partial charge on any atom is 0.319 e. The summed E-state index contributed by atoms with van der Waals surface area (Å²) >= 11 is 1.47. The molecule has 2 rings (SSSR count). The van der Waals surface area contributed by atoms with Crippen LogP contribution in [0, 0.1) is 6.92 Å². The number of carbonyl (C=O) groups excluding carboxylic acids is 1. The molecule has 2 aromatic rings. The van der Waals surface area contributed by atoms with Gasteiger partial charge in [0, 0.05) is 10.6 Å². The maximum absolute atomic E-state index is 11.6. The lowest BCUT2D eigenvalue weighted by atomic mass is 10.2. The monoisotopic (exact) mass is 276 g/mol. The predicted octanol–water partition coefficient (Wildman–Crippen LogP) is 2.91. The SMILES string of the molecule is Cc1ccc(NC(=O)NCC(O)c2cccs2)cc1. The van der Waals surface area contributed by atoms with Gasteiger partial charge >= 0.3 is 6.03 Å². The Morgan fingerprint density at radius 1 is 1.32 bits per heavy atom. The van der Waals surface area contributed by atoms with Crippen molar-refractivity contribution in [1.29, 1.82) is 0 Å². The molecule has 0 bridgehead atoms. The molecule has 5 heteroatoms. The lowest BCUT2D eigenvalue weighted by Crippen LogP contribution is -2.32. The second-order valence-corrected chi connectivity index (χ2v) is 5.21. The van der Waals surface area contributed by atoms with Crippen molar-refractivity contribution in [2.24, 2.45) is 0 Å². The Kier molecular flexibility index (Phi) is 4.54. The smallest absolute Gasteiger partial charge is 0.319 e. The number of aryl methyl sites for hydroxylation is 1. The van der Waals surface area contributed by atoms with Crippen molar-refractivity contribution in [3.05, 3.63) is 52.2 Å². The van der Waals surface area contributed by atoms with E-state index in [0.29, 0.717) is 0 Å². The van der Waals surface area contributed by atoms with Crippen molar-refractivity contribution in [2.45, 2.75) is 13.0 Å². The van der Waals surface area contributed by atoms with Gasteiger partial charge in [-0.1, -0.05) is 23.8 Å². The Bertz CT molecular complexity index is 523. The van der Waals surface area contributed by atoms with E-state index < -0.39 is 6.10 Å². The number of amides is 2. The summed E-state index contributed by atoms with van der Waals surface area (Å²) in [5, 5.41) is 17.1. The Morgan fingerprint density at radius 3 is 2.68 bits per heavy atom. The number of nitrogens with one attached hydrogen (secondary N) is 2. The van der Waals surface area contributed by atoms with Gasteiger partial charge in [-0.3, -0.25) is 0 Å². The summed E-state index contributed by atoms with van der Waals surface area (Å²) < 4.78 is 0. The number of carbonyl (C=O) groups is 1. The van der Waals surface area contributed by atoms with Gasteiger partial charge in [-0.2, -0.15) is 0 Å². The van der Waals surface area contributed by atoms with Crippen LogP contribution in [0.2, 0.25) is 0 Å². The van der Waals surface area contributed by atoms with Crippen molar-refractivity contribution < 1.29 is 9.90 Å². The van der Waals surface area contributed by atoms with E-state index >= 15 is 0 Å². The molecule has 1 atom stereocenters. The van der Waals surface area contributed by atoms with Gasteiger partial charge in [-0.15, -0.1) is 11.3 Å². The van der Waals surface area contributed by atoms with E-state index in [9.17, 15) is 9.90 Å². The third-order valence-electron chi connectivity index (χ3n) is 2.64. The first-order valence-electron chi connectivity index (χ1n) is 5.98. The largest absolute Gasteiger partial charge is 0.386 e. The summed E-state index contributed by atoms with van der Waals surface area (Å²) in [6.45, 7) is 2.18. The minimum Gasteiger partial charge on any atom is -0.386 e. The minimum atomic E-state index is -0.663. The Hall–Kier alpha value is -1.85. The van der Waals surface area contributed by atoms with Gasteiger partial charge in [0.15, 0.2) is 0 Å². The second-order valence-electron chi connectivity index (χ2n) is 4.23. The summed E-state index contributed by atoms with van der Waals surface area (Å²) in [4.78, 5) is 12.5. The zero-order chi connectivity index (χ0) is 13.7. The number of aliphatic hydroxyl groups excluding tert-OH is 1. The van der Waals surface area contributed by atoms with Crippen molar-refractivity contribution in [2.75, 3.05) is 11.9 Å². The van der Waals surface area contributed by atoms with Crippen molar-refractivity contribution in [1.82, 2.24) is 5.32 Å². The standard InChI is InChI=1S/C14H16N2O2S/c1-10-4-6-11(7-5-10)16-14(18)15-9-12(17)13-3-2-8-19-13/h2-8,12,17H,9H2,1H3,(H2,15,16,18). The van der Waals surface area contributed by atoms with Crippen LogP contribution < -0.4 is 10.6 Å². The van der Waals surface area contributed by atoms with Gasteiger partial charge in [0.25, 0.3) is 0 Å². The number of thiophene rings is 1. The van der Waals surface area contributed by atoms with Crippen LogP contribution in [0.25, 0.3) is 0 Å². The molecule has 0 saturated heterocycles. The molecule has 0 saturated carbocycles. The summed E-state index contributed by atoms with van der Waals surface area (Å²) in [6.07, 6.45) is -0.663. The van der Waals surface area contributed by atoms with Gasteiger partial charge in [-0.05, 0) is 30.5 Å². The van der Waals surface area contributed by atoms with Crippen LogP contribution in [-0.2, 0) is 0 Å². The highest BCUT2D eigenvalue weighted by Gasteiger charge is 2.10. The summed E-state index contributed by atoms with van der Waals surface area (Å²) in [5.74, 6) is 0. The molecule has 0 aliphatic carbocycles. The van der Waals surface area contributed by atoms with E-state index in [0.717, 1.165) is 16.1 Å². The van der Waals surface area contributed by atoms with Crippen LogP contribution in [0.1, 0.15) is 16.5 Å². The van der Waals surface area contributed by atoms with Crippen LogP contribution in [0.15, 0.2) is 41.8 Å². The first-order chi connectivity index (χ1) is 9.15. The Morgan fingerprint density at radius 2 is 2.05 bits per heavy atom. The number of urea groups is 1. The highest BCUT2D eigenvalue weighted by molar-refractivity contribution is 7.10. The molecule has 1 aromatic carbocycles. The zero-order valence-electron chi connectivity index (χ0n) is 10.6. The fraction of sp³-hybridized carbons (Fsp3) is 0.214. The molecule has 0 radical (unpaired) electrons. The molecule has 3 N–H and O–H groups in total. The fourth-order valence-corrected chi connectivity index (χ4v) is 2.29. The number of hydrogen-bond donors (Lipinski definition) is 3. The summed E-state index contributed by atoms with van der Waals surface area (Å²) in [6, 6.07) is 10.9. The molecule has 0 aliphatic rings. The third kappa shape index (κ3) is 4.08. The molecule has 1 unspecified atom stereocenters. The molecular formula is C14H16N2O2S. The van der Waals surface area contributed by atoms with Crippen molar-refractivity contribution in [3.63, 3.8) is 0 Å². The molecule has 0 aliphatic heterocycles. The Labute approximate surface area is 116 Å². The van der Waals surface area contributed by atoms with Crippen LogP contribution >= 0.6 is 11.3 Å². The highest BCUT2D eigenvalue weighted by Crippen LogP contribution is 2.17. The normalized spacial score (nSPS) is 11.9. The van der Waals surface area contributed by atoms with E-state index in [4.69, 9.17) is 0 Å². The first-order valence-corrected chi connectivity index (χ1v) is 6.86. The number of aliphatic hydroxyl groups is 1. The van der Waals surface area contributed by atoms with E-state index in [1.807, 2.05) is 48.7 Å². The van der Waals surface area contributed by atoms with E-state index in [1.165, 1.54) is 11.3 Å². The van der Waals surface area contributed by atoms with Gasteiger partial charge < -0.3 is 15.7 Å². The predicted molar refractivity (Wildman–Crippen MR) is 77.5 cm³/mol. The van der Waals surface area contributed by atoms with E-state index in [2.05, 4.69) is 10.6 Å². The molecule has 19 heavy (non-hydrogen) atoms. The molecule has 100 valence electrons. The molecule has 1 aromatic heterocycles. The zero-order valence-corrected chi connectivity index (χ0v) is 11.4. The van der Waals surface area contributed by atoms with E-state index in [1.54, 1.807) is 0 Å². The minimum absolute atomic E-state index is 0.193. The number of hydrogen-bond acceptors (Lipinski definition) is 3. The molecule has 0 fully saturated rings. The molecular weight excluding hydrogens is 260 g/mol. The summed E-state index contributed by atoms with van der Waals surface area (Å²) in [5.41, 5.74) is 1.87.